The van der Waals surface area contributed by atoms with Crippen LogP contribution in [-0.4, -0.2) is 12.7 Å². The first-order valence-corrected chi connectivity index (χ1v) is 5.90. The number of hydrogen-bond donors (Lipinski definition) is 1. The molecule has 5 heteroatoms. The molecule has 1 heterocycles. The molecule has 0 radical (unpaired) electrons. The Bertz CT molecular complexity index is 374. The minimum atomic E-state index is -4.09. The van der Waals surface area contributed by atoms with Crippen molar-refractivity contribution in [2.75, 3.05) is 6.54 Å². The highest BCUT2D eigenvalue weighted by atomic mass is 35.5. The largest absolute Gasteiger partial charge is 0.391 e. The van der Waals surface area contributed by atoms with Gasteiger partial charge in [-0.25, -0.2) is 0 Å². The fourth-order valence-corrected chi connectivity index (χ4v) is 2.29. The molecule has 2 unspecified atom stereocenters. The van der Waals surface area contributed by atoms with Crippen molar-refractivity contribution in [1.82, 2.24) is 5.32 Å². The first-order valence-electron chi connectivity index (χ1n) is 5.52. The number of rotatable bonds is 1. The lowest BCUT2D eigenvalue weighted by atomic mass is 9.88. The highest BCUT2D eigenvalue weighted by Gasteiger charge is 2.42. The second-order valence-electron chi connectivity index (χ2n) is 4.32. The van der Waals surface area contributed by atoms with Gasteiger partial charge in [0.2, 0.25) is 0 Å². The second-order valence-corrected chi connectivity index (χ2v) is 4.76. The summed E-state index contributed by atoms with van der Waals surface area (Å²) in [6, 6.07) is 6.73. The Morgan fingerprint density at radius 2 is 1.82 bits per heavy atom. The van der Waals surface area contributed by atoms with Gasteiger partial charge in [-0.2, -0.15) is 13.2 Å². The lowest BCUT2D eigenvalue weighted by Crippen LogP contribution is -2.37. The van der Waals surface area contributed by atoms with Crippen LogP contribution in [0.3, 0.4) is 0 Å². The van der Waals surface area contributed by atoms with Gasteiger partial charge < -0.3 is 5.32 Å². The molecule has 1 N–H and O–H groups in total. The zero-order chi connectivity index (χ0) is 12.5. The van der Waals surface area contributed by atoms with E-state index in [0.717, 1.165) is 5.56 Å². The van der Waals surface area contributed by atoms with E-state index in [-0.39, 0.29) is 18.9 Å². The summed E-state index contributed by atoms with van der Waals surface area (Å²) in [5, 5.41) is 3.71. The van der Waals surface area contributed by atoms with E-state index >= 15 is 0 Å². The third-order valence-electron chi connectivity index (χ3n) is 3.14. The van der Waals surface area contributed by atoms with Gasteiger partial charge in [-0.3, -0.25) is 0 Å². The van der Waals surface area contributed by atoms with Crippen molar-refractivity contribution in [3.05, 3.63) is 34.9 Å². The summed E-state index contributed by atoms with van der Waals surface area (Å²) in [6.07, 6.45) is -3.83. The van der Waals surface area contributed by atoms with Crippen molar-refractivity contribution in [2.24, 2.45) is 5.92 Å². The van der Waals surface area contributed by atoms with Gasteiger partial charge in [0.15, 0.2) is 0 Å². The van der Waals surface area contributed by atoms with Crippen molar-refractivity contribution in [3.8, 4) is 0 Å². The number of piperidine rings is 1. The van der Waals surface area contributed by atoms with Gasteiger partial charge in [0, 0.05) is 11.1 Å². The van der Waals surface area contributed by atoms with Crippen LogP contribution in [0, 0.1) is 5.92 Å². The van der Waals surface area contributed by atoms with E-state index < -0.39 is 12.1 Å². The molecule has 17 heavy (non-hydrogen) atoms. The third-order valence-corrected chi connectivity index (χ3v) is 3.39. The number of benzene rings is 1. The summed E-state index contributed by atoms with van der Waals surface area (Å²) >= 11 is 5.75. The smallest absolute Gasteiger partial charge is 0.310 e. The van der Waals surface area contributed by atoms with Gasteiger partial charge in [-0.1, -0.05) is 23.7 Å². The van der Waals surface area contributed by atoms with Crippen molar-refractivity contribution in [3.63, 3.8) is 0 Å². The van der Waals surface area contributed by atoms with Crippen molar-refractivity contribution >= 4 is 11.6 Å². The normalized spacial score (nSPS) is 25.9. The molecule has 1 fully saturated rings. The Kier molecular flexibility index (Phi) is 3.64. The molecule has 1 nitrogen and oxygen atoms in total. The lowest BCUT2D eigenvalue weighted by molar-refractivity contribution is -0.183. The molecule has 0 aromatic heterocycles. The van der Waals surface area contributed by atoms with Gasteiger partial charge in [0.1, 0.15) is 0 Å². The quantitative estimate of drug-likeness (QED) is 0.809. The predicted octanol–water partition coefficient (Wildman–Crippen LogP) is 3.94. The summed E-state index contributed by atoms with van der Waals surface area (Å²) in [5.41, 5.74) is 0.864. The van der Waals surface area contributed by atoms with Crippen LogP contribution in [0.2, 0.25) is 5.02 Å². The monoisotopic (exact) mass is 263 g/mol. The molecule has 0 amide bonds. The summed E-state index contributed by atoms with van der Waals surface area (Å²) in [5.74, 6) is -1.20. The molecule has 1 aliphatic rings. The second kappa shape index (κ2) is 4.86. The van der Waals surface area contributed by atoms with Crippen LogP contribution in [0.25, 0.3) is 0 Å². The molecular formula is C12H13ClF3N. The maximum atomic E-state index is 12.6. The van der Waals surface area contributed by atoms with Crippen LogP contribution < -0.4 is 5.32 Å². The topological polar surface area (TPSA) is 12.0 Å². The van der Waals surface area contributed by atoms with Crippen LogP contribution in [0.4, 0.5) is 13.2 Å². The summed E-state index contributed by atoms with van der Waals surface area (Å²) in [7, 11) is 0. The third kappa shape index (κ3) is 3.13. The maximum Gasteiger partial charge on any atom is 0.391 e. The van der Waals surface area contributed by atoms with Gasteiger partial charge in [0.05, 0.1) is 5.92 Å². The zero-order valence-corrected chi connectivity index (χ0v) is 9.85. The number of halogens is 4. The highest BCUT2D eigenvalue weighted by Crippen LogP contribution is 2.38. The van der Waals surface area contributed by atoms with E-state index in [0.29, 0.717) is 11.6 Å². The molecule has 1 aliphatic heterocycles. The lowest BCUT2D eigenvalue weighted by Gasteiger charge is -2.31. The van der Waals surface area contributed by atoms with E-state index in [1.165, 1.54) is 0 Å². The minimum absolute atomic E-state index is 0.102. The predicted molar refractivity (Wildman–Crippen MR) is 61.0 cm³/mol. The van der Waals surface area contributed by atoms with Gasteiger partial charge in [0.25, 0.3) is 0 Å². The maximum absolute atomic E-state index is 12.6. The average molecular weight is 264 g/mol. The molecule has 94 valence electrons. The summed E-state index contributed by atoms with van der Waals surface area (Å²) in [6.45, 7) is 0.400. The SMILES string of the molecule is FC(F)(F)C1CCNC(c2ccc(Cl)cc2)C1. The van der Waals surface area contributed by atoms with Crippen LogP contribution in [-0.2, 0) is 0 Å². The molecule has 2 atom stereocenters. The number of nitrogens with one attached hydrogen (secondary N) is 1. The molecule has 0 aliphatic carbocycles. The Morgan fingerprint density at radius 3 is 2.41 bits per heavy atom. The van der Waals surface area contributed by atoms with E-state index in [4.69, 9.17) is 11.6 Å². The minimum Gasteiger partial charge on any atom is -0.310 e. The van der Waals surface area contributed by atoms with Crippen molar-refractivity contribution in [1.29, 1.82) is 0 Å². The van der Waals surface area contributed by atoms with Gasteiger partial charge >= 0.3 is 6.18 Å². The van der Waals surface area contributed by atoms with Crippen molar-refractivity contribution < 1.29 is 13.2 Å². The van der Waals surface area contributed by atoms with E-state index in [1.807, 2.05) is 0 Å². The molecular weight excluding hydrogens is 251 g/mol. The molecule has 1 aromatic carbocycles. The molecule has 2 rings (SSSR count). The van der Waals surface area contributed by atoms with Crippen LogP contribution in [0.15, 0.2) is 24.3 Å². The fraction of sp³-hybridized carbons (Fsp3) is 0.500. The Balaban J connectivity index is 2.09. The van der Waals surface area contributed by atoms with Crippen LogP contribution >= 0.6 is 11.6 Å². The van der Waals surface area contributed by atoms with E-state index in [9.17, 15) is 13.2 Å². The van der Waals surface area contributed by atoms with E-state index in [2.05, 4.69) is 5.32 Å². The summed E-state index contributed by atoms with van der Waals surface area (Å²) < 4.78 is 37.9. The van der Waals surface area contributed by atoms with Gasteiger partial charge in [-0.15, -0.1) is 0 Å². The molecule has 0 saturated carbocycles. The van der Waals surface area contributed by atoms with E-state index in [1.54, 1.807) is 24.3 Å². The molecule has 1 saturated heterocycles. The number of hydrogen-bond acceptors (Lipinski definition) is 1. The Morgan fingerprint density at radius 1 is 1.18 bits per heavy atom. The standard InChI is InChI=1S/C12H13ClF3N/c13-10-3-1-8(2-4-10)11-7-9(5-6-17-11)12(14,15)16/h1-4,9,11,17H,5-7H2. The van der Waals surface area contributed by atoms with Crippen LogP contribution in [0.5, 0.6) is 0 Å². The summed E-state index contributed by atoms with van der Waals surface area (Å²) in [4.78, 5) is 0. The van der Waals surface area contributed by atoms with Gasteiger partial charge in [-0.05, 0) is 37.1 Å². The zero-order valence-electron chi connectivity index (χ0n) is 9.10. The Hall–Kier alpha value is -0.740. The molecule has 0 bridgehead atoms. The average Bonchev–Trinajstić information content (AvgIpc) is 2.29. The van der Waals surface area contributed by atoms with Crippen molar-refractivity contribution in [2.45, 2.75) is 25.1 Å². The first-order chi connectivity index (χ1) is 7.97. The molecule has 0 spiro atoms. The highest BCUT2D eigenvalue weighted by molar-refractivity contribution is 6.30. The van der Waals surface area contributed by atoms with Crippen LogP contribution in [0.1, 0.15) is 24.4 Å². The first kappa shape index (κ1) is 12.7. The fourth-order valence-electron chi connectivity index (χ4n) is 2.16. The Labute approximate surface area is 103 Å². The number of alkyl halides is 3. The molecule has 1 aromatic rings.